The van der Waals surface area contributed by atoms with Gasteiger partial charge in [0.15, 0.2) is 0 Å². The zero-order chi connectivity index (χ0) is 13.3. The first-order valence-corrected chi connectivity index (χ1v) is 7.54. The Balaban J connectivity index is 2.19. The summed E-state index contributed by atoms with van der Waals surface area (Å²) in [6.45, 7) is 5.02. The highest BCUT2D eigenvalue weighted by molar-refractivity contribution is 7.16. The van der Waals surface area contributed by atoms with Crippen molar-refractivity contribution in [1.82, 2.24) is 4.90 Å². The van der Waals surface area contributed by atoms with Gasteiger partial charge in [-0.2, -0.15) is 0 Å². The minimum Gasteiger partial charge on any atom is -0.377 e. The molecular weight excluding hydrogens is 268 g/mol. The van der Waals surface area contributed by atoms with Crippen LogP contribution in [0.15, 0.2) is 12.1 Å². The van der Waals surface area contributed by atoms with Gasteiger partial charge < -0.3 is 10.5 Å². The molecule has 2 N–H and O–H groups in total. The predicted molar refractivity (Wildman–Crippen MR) is 77.3 cm³/mol. The van der Waals surface area contributed by atoms with Crippen molar-refractivity contribution in [1.29, 1.82) is 0 Å². The number of nitrogens with two attached hydrogens (primary N) is 1. The molecule has 1 aliphatic rings. The van der Waals surface area contributed by atoms with Gasteiger partial charge in [-0.3, -0.25) is 4.90 Å². The third-order valence-electron chi connectivity index (χ3n) is 3.68. The minimum atomic E-state index is 0.0671. The SMILES string of the molecule is CC(N)C(c1ccc(Cl)s1)N(C)C1CCOC1C. The van der Waals surface area contributed by atoms with Crippen LogP contribution in [0.4, 0.5) is 0 Å². The standard InChI is InChI=1S/C13H21ClN2OS/c1-8(15)13(11-4-5-12(14)18-11)16(3)10-6-7-17-9(10)2/h4-5,8-10,13H,6-7,15H2,1-3H3. The van der Waals surface area contributed by atoms with E-state index in [0.717, 1.165) is 17.4 Å². The molecule has 5 heteroatoms. The Bertz CT molecular complexity index is 396. The number of hydrogen-bond acceptors (Lipinski definition) is 4. The summed E-state index contributed by atoms with van der Waals surface area (Å²) in [5.41, 5.74) is 6.17. The van der Waals surface area contributed by atoms with Crippen LogP contribution in [0, 0.1) is 0 Å². The molecule has 0 aromatic carbocycles. The van der Waals surface area contributed by atoms with E-state index in [1.54, 1.807) is 11.3 Å². The molecule has 0 saturated carbocycles. The maximum atomic E-state index is 6.17. The van der Waals surface area contributed by atoms with Gasteiger partial charge in [-0.15, -0.1) is 11.3 Å². The van der Waals surface area contributed by atoms with Crippen LogP contribution in [0.25, 0.3) is 0 Å². The fourth-order valence-corrected chi connectivity index (χ4v) is 4.11. The fourth-order valence-electron chi connectivity index (χ4n) is 2.78. The molecule has 2 rings (SSSR count). The average molecular weight is 289 g/mol. The lowest BCUT2D eigenvalue weighted by Gasteiger charge is -2.36. The lowest BCUT2D eigenvalue weighted by Crippen LogP contribution is -2.45. The van der Waals surface area contributed by atoms with Crippen LogP contribution in [-0.2, 0) is 4.74 Å². The number of likely N-dealkylation sites (N-methyl/N-ethyl adjacent to an activating group) is 1. The summed E-state index contributed by atoms with van der Waals surface area (Å²) >= 11 is 7.65. The number of nitrogens with zero attached hydrogens (tertiary/aromatic N) is 1. The summed E-state index contributed by atoms with van der Waals surface area (Å²) in [5, 5.41) is 0. The second kappa shape index (κ2) is 5.88. The maximum absolute atomic E-state index is 6.17. The van der Waals surface area contributed by atoms with E-state index in [9.17, 15) is 0 Å². The van der Waals surface area contributed by atoms with Crippen molar-refractivity contribution in [3.05, 3.63) is 21.3 Å². The van der Waals surface area contributed by atoms with Crippen molar-refractivity contribution in [2.24, 2.45) is 5.73 Å². The second-order valence-electron chi connectivity index (χ2n) is 5.04. The van der Waals surface area contributed by atoms with Crippen LogP contribution in [0.5, 0.6) is 0 Å². The van der Waals surface area contributed by atoms with Gasteiger partial charge in [-0.05, 0) is 39.4 Å². The van der Waals surface area contributed by atoms with Crippen LogP contribution in [0.2, 0.25) is 4.34 Å². The normalized spacial score (nSPS) is 27.7. The van der Waals surface area contributed by atoms with E-state index in [1.807, 2.05) is 6.07 Å². The van der Waals surface area contributed by atoms with Crippen molar-refractivity contribution in [3.8, 4) is 0 Å². The van der Waals surface area contributed by atoms with Crippen molar-refractivity contribution in [2.45, 2.75) is 44.5 Å². The molecule has 1 saturated heterocycles. The summed E-state index contributed by atoms with van der Waals surface area (Å²) in [5.74, 6) is 0. The quantitative estimate of drug-likeness (QED) is 0.926. The van der Waals surface area contributed by atoms with Crippen LogP contribution in [0.3, 0.4) is 0 Å². The van der Waals surface area contributed by atoms with Gasteiger partial charge in [0.1, 0.15) is 0 Å². The Morgan fingerprint density at radius 2 is 2.28 bits per heavy atom. The van der Waals surface area contributed by atoms with Gasteiger partial charge in [-0.1, -0.05) is 11.6 Å². The van der Waals surface area contributed by atoms with E-state index < -0.39 is 0 Å². The third-order valence-corrected chi connectivity index (χ3v) is 4.98. The van der Waals surface area contributed by atoms with Crippen LogP contribution < -0.4 is 5.73 Å². The molecule has 18 heavy (non-hydrogen) atoms. The van der Waals surface area contributed by atoms with E-state index in [2.05, 4.69) is 31.9 Å². The highest BCUT2D eigenvalue weighted by Crippen LogP contribution is 2.34. The fraction of sp³-hybridized carbons (Fsp3) is 0.692. The monoisotopic (exact) mass is 288 g/mol. The Morgan fingerprint density at radius 3 is 2.72 bits per heavy atom. The first kappa shape index (κ1) is 14.3. The van der Waals surface area contributed by atoms with E-state index in [0.29, 0.717) is 6.04 Å². The van der Waals surface area contributed by atoms with Gasteiger partial charge in [0.25, 0.3) is 0 Å². The summed E-state index contributed by atoms with van der Waals surface area (Å²) in [4.78, 5) is 3.58. The topological polar surface area (TPSA) is 38.5 Å². The Kier molecular flexibility index (Phi) is 4.67. The molecule has 4 atom stereocenters. The molecule has 0 aliphatic carbocycles. The molecule has 1 aromatic rings. The van der Waals surface area contributed by atoms with Crippen molar-refractivity contribution < 1.29 is 4.74 Å². The number of thiophene rings is 1. The van der Waals surface area contributed by atoms with Gasteiger partial charge in [0.2, 0.25) is 0 Å². The van der Waals surface area contributed by atoms with Crippen molar-refractivity contribution in [2.75, 3.05) is 13.7 Å². The lowest BCUT2D eigenvalue weighted by molar-refractivity contribution is 0.0633. The smallest absolute Gasteiger partial charge is 0.0931 e. The second-order valence-corrected chi connectivity index (χ2v) is 6.79. The molecule has 3 nitrogen and oxygen atoms in total. The van der Waals surface area contributed by atoms with E-state index in [1.165, 1.54) is 4.88 Å². The maximum Gasteiger partial charge on any atom is 0.0931 e. The molecule has 102 valence electrons. The molecule has 0 radical (unpaired) electrons. The molecule has 0 bridgehead atoms. The van der Waals surface area contributed by atoms with E-state index in [-0.39, 0.29) is 18.2 Å². The average Bonchev–Trinajstić information content (AvgIpc) is 2.87. The molecule has 4 unspecified atom stereocenters. The van der Waals surface area contributed by atoms with Crippen LogP contribution in [0.1, 0.15) is 31.2 Å². The van der Waals surface area contributed by atoms with Gasteiger partial charge >= 0.3 is 0 Å². The largest absolute Gasteiger partial charge is 0.377 e. The highest BCUT2D eigenvalue weighted by Gasteiger charge is 2.34. The molecule has 1 fully saturated rings. The van der Waals surface area contributed by atoms with Gasteiger partial charge in [-0.25, -0.2) is 0 Å². The minimum absolute atomic E-state index is 0.0671. The number of rotatable bonds is 4. The molecule has 1 aliphatic heterocycles. The Hall–Kier alpha value is -0.130. The van der Waals surface area contributed by atoms with Crippen molar-refractivity contribution >= 4 is 22.9 Å². The summed E-state index contributed by atoms with van der Waals surface area (Å²) in [7, 11) is 2.14. The zero-order valence-corrected chi connectivity index (χ0v) is 12.7. The molecular formula is C13H21ClN2OS. The van der Waals surface area contributed by atoms with Gasteiger partial charge in [0, 0.05) is 23.6 Å². The number of hydrogen-bond donors (Lipinski definition) is 1. The zero-order valence-electron chi connectivity index (χ0n) is 11.1. The first-order valence-electron chi connectivity index (χ1n) is 6.35. The van der Waals surface area contributed by atoms with E-state index >= 15 is 0 Å². The molecule has 2 heterocycles. The summed E-state index contributed by atoms with van der Waals surface area (Å²) in [6, 6.07) is 4.73. The number of ether oxygens (including phenoxy) is 1. The molecule has 0 spiro atoms. The van der Waals surface area contributed by atoms with E-state index in [4.69, 9.17) is 22.1 Å². The first-order chi connectivity index (χ1) is 8.50. The Labute approximate surface area is 118 Å². The van der Waals surface area contributed by atoms with Crippen LogP contribution in [-0.4, -0.2) is 36.7 Å². The lowest BCUT2D eigenvalue weighted by atomic mass is 10.0. The van der Waals surface area contributed by atoms with Gasteiger partial charge in [0.05, 0.1) is 16.5 Å². The summed E-state index contributed by atoms with van der Waals surface area (Å²) in [6.07, 6.45) is 1.34. The van der Waals surface area contributed by atoms with Crippen LogP contribution >= 0.6 is 22.9 Å². The third kappa shape index (κ3) is 2.89. The molecule has 1 aromatic heterocycles. The number of halogens is 1. The summed E-state index contributed by atoms with van der Waals surface area (Å²) < 4.78 is 6.47. The highest BCUT2D eigenvalue weighted by atomic mass is 35.5. The van der Waals surface area contributed by atoms with Crippen molar-refractivity contribution in [3.63, 3.8) is 0 Å². The predicted octanol–water partition coefficient (Wildman–Crippen LogP) is 2.90. The molecule has 0 amide bonds. The Morgan fingerprint density at radius 1 is 1.56 bits per heavy atom.